The van der Waals surface area contributed by atoms with Gasteiger partial charge < -0.3 is 14.4 Å². The van der Waals surface area contributed by atoms with Crippen LogP contribution in [0.5, 0.6) is 0 Å². The van der Waals surface area contributed by atoms with Crippen LogP contribution in [0.15, 0.2) is 194 Å². The molecule has 1 aromatic heterocycles. The number of aryl methyl sites for hydroxylation is 2. The van der Waals surface area contributed by atoms with Crippen molar-refractivity contribution >= 4 is 55.9 Å². The minimum Gasteiger partial charge on any atom is -0.310 e. The molecule has 9 aromatic rings. The van der Waals surface area contributed by atoms with Crippen molar-refractivity contribution in [2.24, 2.45) is 0 Å². The van der Waals surface area contributed by atoms with Gasteiger partial charge in [-0.15, -0.1) is 0 Å². The zero-order valence-corrected chi connectivity index (χ0v) is 35.3. The predicted molar refractivity (Wildman–Crippen MR) is 260 cm³/mol. The van der Waals surface area contributed by atoms with E-state index in [1.54, 1.807) is 0 Å². The highest BCUT2D eigenvalue weighted by molar-refractivity contribution is 6.10. The number of hydrogen-bond donors (Lipinski definition) is 0. The van der Waals surface area contributed by atoms with E-state index in [9.17, 15) is 0 Å². The van der Waals surface area contributed by atoms with Crippen LogP contribution in [0.25, 0.3) is 27.5 Å². The first-order valence-electron chi connectivity index (χ1n) is 22.9. The Hall–Kier alpha value is -6.84. The minimum atomic E-state index is -0.150. The van der Waals surface area contributed by atoms with Crippen LogP contribution >= 0.6 is 0 Å². The predicted octanol–water partition coefficient (Wildman–Crippen LogP) is 15.9. The lowest BCUT2D eigenvalue weighted by molar-refractivity contribution is 0.443. The molecule has 0 bridgehead atoms. The second kappa shape index (κ2) is 15.3. The maximum Gasteiger partial charge on any atom is 0.0561 e. The molecule has 0 saturated heterocycles. The van der Waals surface area contributed by atoms with Crippen molar-refractivity contribution in [3.63, 3.8) is 0 Å². The molecule has 8 aromatic carbocycles. The largest absolute Gasteiger partial charge is 0.310 e. The van der Waals surface area contributed by atoms with Crippen LogP contribution < -0.4 is 9.80 Å². The highest BCUT2D eigenvalue weighted by atomic mass is 15.2. The summed E-state index contributed by atoms with van der Waals surface area (Å²) < 4.78 is 2.46. The van der Waals surface area contributed by atoms with E-state index in [4.69, 9.17) is 0 Å². The van der Waals surface area contributed by atoms with Crippen LogP contribution in [-0.4, -0.2) is 4.57 Å². The molecule has 3 aliphatic carbocycles. The molecule has 0 N–H and O–H groups in total. The van der Waals surface area contributed by atoms with Gasteiger partial charge in [0, 0.05) is 44.6 Å². The van der Waals surface area contributed by atoms with Crippen LogP contribution in [0.3, 0.4) is 0 Å². The Balaban J connectivity index is 1.08. The van der Waals surface area contributed by atoms with Crippen LogP contribution in [0.1, 0.15) is 78.7 Å². The van der Waals surface area contributed by atoms with Crippen molar-refractivity contribution in [1.29, 1.82) is 0 Å². The van der Waals surface area contributed by atoms with E-state index in [2.05, 4.69) is 208 Å². The molecule has 302 valence electrons. The molecule has 62 heavy (non-hydrogen) atoms. The highest BCUT2D eigenvalue weighted by Crippen LogP contribution is 2.60. The van der Waals surface area contributed by atoms with Gasteiger partial charge in [0.05, 0.1) is 22.4 Å². The van der Waals surface area contributed by atoms with Gasteiger partial charge in [0.1, 0.15) is 0 Å². The molecule has 1 heterocycles. The third-order valence-electron chi connectivity index (χ3n) is 14.5. The van der Waals surface area contributed by atoms with Gasteiger partial charge >= 0.3 is 0 Å². The Bertz CT molecular complexity index is 3010. The molecule has 1 fully saturated rings. The van der Waals surface area contributed by atoms with E-state index in [1.807, 2.05) is 0 Å². The molecule has 3 heteroatoms. The van der Waals surface area contributed by atoms with E-state index >= 15 is 0 Å². The van der Waals surface area contributed by atoms with Crippen molar-refractivity contribution in [2.45, 2.75) is 69.1 Å². The maximum absolute atomic E-state index is 2.61. The van der Waals surface area contributed by atoms with Gasteiger partial charge in [-0.1, -0.05) is 135 Å². The standard InChI is InChI=1S/C59H51N3/c1-5-17-42(18-6-1)43-31-33-49(34-32-43)61(50-35-36-52-51-27-13-14-28-53(51)62(56(52)41-50)48-25-11-4-12-26-48)55-30-16-20-45-38-40-59(58(45)55)39-37-44-19-15-29-54(57(44)59)60(46-21-7-2-8-22-46)47-23-9-3-10-24-47/h2-4,7-16,19-36,41-42H,1,5-6,17-18,37-40H2/t59-/m1/s1. The first-order valence-corrected chi connectivity index (χ1v) is 22.9. The topological polar surface area (TPSA) is 11.4 Å². The fourth-order valence-electron chi connectivity index (χ4n) is 11.8. The molecule has 12 rings (SSSR count). The average Bonchev–Trinajstić information content (AvgIpc) is 4.03. The average molecular weight is 802 g/mol. The van der Waals surface area contributed by atoms with Crippen LogP contribution in [-0.2, 0) is 18.3 Å². The highest BCUT2D eigenvalue weighted by Gasteiger charge is 2.49. The minimum absolute atomic E-state index is 0.150. The number of aromatic nitrogens is 1. The SMILES string of the molecule is c1ccc(N(c2ccccc2)c2cccc3c2[C@@]2(CC3)CCc3cccc(N(c4ccc(C5CCCCC5)cc4)c4ccc5c6ccccc6n(-c6ccccc6)c5c4)c32)cc1. The maximum atomic E-state index is 2.61. The van der Waals surface area contributed by atoms with Crippen molar-refractivity contribution in [2.75, 3.05) is 9.80 Å². The molecule has 0 radical (unpaired) electrons. The number of fused-ring (bicyclic) bond motifs is 7. The van der Waals surface area contributed by atoms with Crippen molar-refractivity contribution in [3.05, 3.63) is 222 Å². The van der Waals surface area contributed by atoms with E-state index in [-0.39, 0.29) is 5.41 Å². The summed E-state index contributed by atoms with van der Waals surface area (Å²) in [5, 5.41) is 2.55. The van der Waals surface area contributed by atoms with Gasteiger partial charge in [-0.05, 0) is 151 Å². The van der Waals surface area contributed by atoms with Gasteiger partial charge in [-0.2, -0.15) is 0 Å². The molecule has 3 nitrogen and oxygen atoms in total. The van der Waals surface area contributed by atoms with Gasteiger partial charge in [0.2, 0.25) is 0 Å². The van der Waals surface area contributed by atoms with Gasteiger partial charge in [0.25, 0.3) is 0 Å². The third-order valence-corrected chi connectivity index (χ3v) is 14.5. The number of hydrogen-bond acceptors (Lipinski definition) is 2. The van der Waals surface area contributed by atoms with Crippen LogP contribution in [0.2, 0.25) is 0 Å². The monoisotopic (exact) mass is 801 g/mol. The van der Waals surface area contributed by atoms with E-state index < -0.39 is 0 Å². The van der Waals surface area contributed by atoms with E-state index in [1.165, 1.54) is 122 Å². The summed E-state index contributed by atoms with van der Waals surface area (Å²) in [5.74, 6) is 0.652. The Morgan fingerprint density at radius 1 is 0.419 bits per heavy atom. The Morgan fingerprint density at radius 3 is 1.56 bits per heavy atom. The Labute approximate surface area is 365 Å². The number of benzene rings is 8. The number of anilines is 6. The lowest BCUT2D eigenvalue weighted by Gasteiger charge is -2.37. The fraction of sp³-hybridized carbons (Fsp3) is 0.186. The van der Waals surface area contributed by atoms with Crippen molar-refractivity contribution in [3.8, 4) is 5.69 Å². The molecular formula is C59H51N3. The number of nitrogens with zero attached hydrogens (tertiary/aromatic N) is 3. The summed E-state index contributed by atoms with van der Waals surface area (Å²) in [7, 11) is 0. The summed E-state index contributed by atoms with van der Waals surface area (Å²) >= 11 is 0. The summed E-state index contributed by atoms with van der Waals surface area (Å²) in [4.78, 5) is 5.11. The smallest absolute Gasteiger partial charge is 0.0561 e. The van der Waals surface area contributed by atoms with Gasteiger partial charge in [0.15, 0.2) is 0 Å². The normalized spacial score (nSPS) is 17.1. The third kappa shape index (κ3) is 6.01. The number of rotatable bonds is 8. The lowest BCUT2D eigenvalue weighted by Crippen LogP contribution is -2.27. The summed E-state index contributed by atoms with van der Waals surface area (Å²) in [6.07, 6.45) is 10.9. The molecule has 0 aliphatic heterocycles. The summed E-state index contributed by atoms with van der Waals surface area (Å²) in [5.41, 5.74) is 18.2. The Morgan fingerprint density at radius 2 is 0.935 bits per heavy atom. The first kappa shape index (κ1) is 37.0. The Kier molecular flexibility index (Phi) is 9.10. The molecular weight excluding hydrogens is 751 g/mol. The van der Waals surface area contributed by atoms with Gasteiger partial charge in [-0.3, -0.25) is 0 Å². The molecule has 3 aliphatic rings. The molecule has 0 amide bonds. The molecule has 0 unspecified atom stereocenters. The second-order valence-corrected chi connectivity index (χ2v) is 17.9. The van der Waals surface area contributed by atoms with Gasteiger partial charge in [-0.25, -0.2) is 0 Å². The lowest BCUT2D eigenvalue weighted by atomic mass is 9.74. The quantitative estimate of drug-likeness (QED) is 0.152. The van der Waals surface area contributed by atoms with Crippen molar-refractivity contribution in [1.82, 2.24) is 4.57 Å². The van der Waals surface area contributed by atoms with Crippen LogP contribution in [0, 0.1) is 0 Å². The zero-order chi connectivity index (χ0) is 41.0. The molecule has 1 atom stereocenters. The second-order valence-electron chi connectivity index (χ2n) is 17.9. The fourth-order valence-corrected chi connectivity index (χ4v) is 11.8. The van der Waals surface area contributed by atoms with Crippen LogP contribution in [0.4, 0.5) is 34.1 Å². The zero-order valence-electron chi connectivity index (χ0n) is 35.3. The van der Waals surface area contributed by atoms with E-state index in [0.29, 0.717) is 5.92 Å². The summed E-state index contributed by atoms with van der Waals surface area (Å²) in [6, 6.07) is 72.8. The number of para-hydroxylation sites is 4. The summed E-state index contributed by atoms with van der Waals surface area (Å²) in [6.45, 7) is 0. The van der Waals surface area contributed by atoms with E-state index in [0.717, 1.165) is 25.7 Å². The molecule has 1 spiro atoms. The first-order chi connectivity index (χ1) is 30.7. The van der Waals surface area contributed by atoms with Crippen molar-refractivity contribution < 1.29 is 0 Å². The molecule has 1 saturated carbocycles.